The lowest BCUT2D eigenvalue weighted by Crippen LogP contribution is -2.55. The zero-order chi connectivity index (χ0) is 19.5. The summed E-state index contributed by atoms with van der Waals surface area (Å²) in [7, 11) is 1.83. The third-order valence-electron chi connectivity index (χ3n) is 6.66. The summed E-state index contributed by atoms with van der Waals surface area (Å²) in [6.45, 7) is 9.29. The summed E-state index contributed by atoms with van der Waals surface area (Å²) in [6.07, 6.45) is 5.67. The van der Waals surface area contributed by atoms with E-state index in [-0.39, 0.29) is 6.10 Å². The number of ether oxygens (including phenoxy) is 1. The second-order valence-electron chi connectivity index (χ2n) is 8.31. The Hall–Kier alpha value is -1.67. The van der Waals surface area contributed by atoms with Crippen molar-refractivity contribution in [1.29, 1.82) is 0 Å². The van der Waals surface area contributed by atoms with Gasteiger partial charge >= 0.3 is 0 Å². The van der Waals surface area contributed by atoms with E-state index < -0.39 is 0 Å². The molecule has 1 saturated heterocycles. The summed E-state index contributed by atoms with van der Waals surface area (Å²) >= 11 is 0. The third-order valence-corrected chi connectivity index (χ3v) is 6.66. The van der Waals surface area contributed by atoms with Crippen molar-refractivity contribution in [2.24, 2.45) is 16.8 Å². The first-order valence-electron chi connectivity index (χ1n) is 10.8. The zero-order valence-corrected chi connectivity index (χ0v) is 17.4. The van der Waals surface area contributed by atoms with Crippen molar-refractivity contribution < 1.29 is 9.26 Å². The van der Waals surface area contributed by atoms with E-state index in [0.717, 1.165) is 50.0 Å². The highest BCUT2D eigenvalue weighted by Gasteiger charge is 2.42. The average molecular weight is 391 g/mol. The molecule has 2 heterocycles. The molecule has 4 unspecified atom stereocenters. The van der Waals surface area contributed by atoms with E-state index in [2.05, 4.69) is 30.2 Å². The summed E-state index contributed by atoms with van der Waals surface area (Å²) in [5.74, 6) is 4.02. The largest absolute Gasteiger partial charge is 0.371 e. The van der Waals surface area contributed by atoms with Crippen LogP contribution in [-0.2, 0) is 11.3 Å². The number of piperazine rings is 1. The number of hydrogen-bond donors (Lipinski definition) is 1. The summed E-state index contributed by atoms with van der Waals surface area (Å²) in [5.41, 5.74) is 0. The van der Waals surface area contributed by atoms with Gasteiger partial charge in [0.1, 0.15) is 6.10 Å². The Morgan fingerprint density at radius 2 is 2.11 bits per heavy atom. The Kier molecular flexibility index (Phi) is 6.16. The van der Waals surface area contributed by atoms with E-state index in [1.54, 1.807) is 0 Å². The molecular formula is C20H34N6O2. The maximum Gasteiger partial charge on any atom is 0.246 e. The Balaban J connectivity index is 1.25. The van der Waals surface area contributed by atoms with Crippen LogP contribution in [0.25, 0.3) is 0 Å². The van der Waals surface area contributed by atoms with Gasteiger partial charge in [0.25, 0.3) is 0 Å². The van der Waals surface area contributed by atoms with Gasteiger partial charge in [-0.1, -0.05) is 11.6 Å². The highest BCUT2D eigenvalue weighted by atomic mass is 16.5. The minimum Gasteiger partial charge on any atom is -0.371 e. The topological polar surface area (TPSA) is 79.0 Å². The van der Waals surface area contributed by atoms with Crippen LogP contribution in [0.1, 0.15) is 57.3 Å². The number of aliphatic imine (C=N–C) groups is 1. The highest BCUT2D eigenvalue weighted by molar-refractivity contribution is 5.79. The summed E-state index contributed by atoms with van der Waals surface area (Å²) in [4.78, 5) is 13.9. The number of guanidine groups is 1. The molecule has 0 radical (unpaired) electrons. The van der Waals surface area contributed by atoms with Crippen molar-refractivity contribution in [3.05, 3.63) is 11.7 Å². The van der Waals surface area contributed by atoms with Gasteiger partial charge in [0.05, 0.1) is 6.54 Å². The summed E-state index contributed by atoms with van der Waals surface area (Å²) < 4.78 is 10.9. The molecule has 4 atom stereocenters. The van der Waals surface area contributed by atoms with Crippen LogP contribution < -0.4 is 5.32 Å². The van der Waals surface area contributed by atoms with Crippen LogP contribution in [0.15, 0.2) is 9.52 Å². The first-order chi connectivity index (χ1) is 13.7. The Morgan fingerprint density at radius 1 is 1.29 bits per heavy atom. The Morgan fingerprint density at radius 3 is 2.75 bits per heavy atom. The van der Waals surface area contributed by atoms with Gasteiger partial charge in [0.15, 0.2) is 11.8 Å². The molecule has 2 saturated carbocycles. The molecule has 8 nitrogen and oxygen atoms in total. The van der Waals surface area contributed by atoms with Crippen molar-refractivity contribution in [3.63, 3.8) is 0 Å². The van der Waals surface area contributed by atoms with E-state index in [1.165, 1.54) is 25.7 Å². The SMILES string of the molecule is CCOC(C)c1noc(CNC(=NC)N2CCN(C3CC4CCC3C4)CC2)n1. The standard InChI is InChI=1S/C20H34N6O2/c1-4-27-14(2)19-23-18(28-24-19)13-22-20(21-3)26-9-7-25(8-10-26)17-12-15-5-6-16(17)11-15/h14-17H,4-13H2,1-3H3,(H,21,22). The lowest BCUT2D eigenvalue weighted by atomic mass is 9.93. The quantitative estimate of drug-likeness (QED) is 0.588. The maximum absolute atomic E-state index is 5.51. The maximum atomic E-state index is 5.51. The number of hydrogen-bond acceptors (Lipinski definition) is 6. The molecule has 1 aliphatic heterocycles. The van der Waals surface area contributed by atoms with Crippen LogP contribution in [0.5, 0.6) is 0 Å². The fraction of sp³-hybridized carbons (Fsp3) is 0.850. The van der Waals surface area contributed by atoms with Crippen LogP contribution in [0.3, 0.4) is 0 Å². The van der Waals surface area contributed by atoms with Gasteiger partial charge in [-0.15, -0.1) is 0 Å². The molecule has 8 heteroatoms. The van der Waals surface area contributed by atoms with Gasteiger partial charge in [-0.2, -0.15) is 4.98 Å². The Labute approximate surface area is 167 Å². The van der Waals surface area contributed by atoms with Crippen molar-refractivity contribution >= 4 is 5.96 Å². The number of fused-ring (bicyclic) bond motifs is 2. The van der Waals surface area contributed by atoms with Crippen molar-refractivity contribution in [2.75, 3.05) is 39.8 Å². The van der Waals surface area contributed by atoms with Crippen molar-refractivity contribution in [2.45, 2.75) is 58.2 Å². The summed E-state index contributed by atoms with van der Waals surface area (Å²) in [6, 6.07) is 0.833. The first kappa shape index (κ1) is 19.6. The van der Waals surface area contributed by atoms with Crippen LogP contribution in [0.4, 0.5) is 0 Å². The number of nitrogens with one attached hydrogen (secondary N) is 1. The predicted octanol–water partition coefficient (Wildman–Crippen LogP) is 2.05. The van der Waals surface area contributed by atoms with E-state index in [4.69, 9.17) is 9.26 Å². The van der Waals surface area contributed by atoms with E-state index in [9.17, 15) is 0 Å². The Bertz CT molecular complexity index is 669. The van der Waals surface area contributed by atoms with E-state index >= 15 is 0 Å². The van der Waals surface area contributed by atoms with Crippen LogP contribution in [0, 0.1) is 11.8 Å². The monoisotopic (exact) mass is 390 g/mol. The molecule has 1 aromatic heterocycles. The van der Waals surface area contributed by atoms with Crippen molar-refractivity contribution in [3.8, 4) is 0 Å². The van der Waals surface area contributed by atoms with Crippen molar-refractivity contribution in [1.82, 2.24) is 25.3 Å². The zero-order valence-electron chi connectivity index (χ0n) is 17.4. The number of rotatable bonds is 6. The predicted molar refractivity (Wildman–Crippen MR) is 107 cm³/mol. The number of nitrogens with zero attached hydrogens (tertiary/aromatic N) is 5. The summed E-state index contributed by atoms with van der Waals surface area (Å²) in [5, 5.41) is 7.38. The first-order valence-corrected chi connectivity index (χ1v) is 10.8. The molecule has 0 spiro atoms. The van der Waals surface area contributed by atoms with Gasteiger partial charge in [0.2, 0.25) is 5.89 Å². The molecule has 4 rings (SSSR count). The normalized spacial score (nSPS) is 29.5. The molecule has 1 N–H and O–H groups in total. The second kappa shape index (κ2) is 8.78. The molecule has 156 valence electrons. The molecule has 0 aromatic carbocycles. The fourth-order valence-corrected chi connectivity index (χ4v) is 5.24. The molecule has 28 heavy (non-hydrogen) atoms. The van der Waals surface area contributed by atoms with Gasteiger partial charge < -0.3 is 19.5 Å². The van der Waals surface area contributed by atoms with E-state index in [0.29, 0.717) is 24.9 Å². The number of aromatic nitrogens is 2. The van der Waals surface area contributed by atoms with E-state index in [1.807, 2.05) is 20.9 Å². The minimum atomic E-state index is -0.152. The molecule has 1 aromatic rings. The average Bonchev–Trinajstić information content (AvgIpc) is 3.46. The molecule has 2 aliphatic carbocycles. The molecule has 0 amide bonds. The van der Waals surface area contributed by atoms with Gasteiger partial charge in [-0.05, 0) is 44.9 Å². The molecule has 3 fully saturated rings. The van der Waals surface area contributed by atoms with Gasteiger partial charge in [-0.25, -0.2) is 0 Å². The lowest BCUT2D eigenvalue weighted by molar-refractivity contribution is 0.0683. The molecule has 2 bridgehead atoms. The second-order valence-corrected chi connectivity index (χ2v) is 8.31. The van der Waals surface area contributed by atoms with Gasteiger partial charge in [0, 0.05) is 45.9 Å². The molecular weight excluding hydrogens is 356 g/mol. The van der Waals surface area contributed by atoms with Gasteiger partial charge in [-0.3, -0.25) is 9.89 Å². The highest BCUT2D eigenvalue weighted by Crippen LogP contribution is 2.46. The van der Waals surface area contributed by atoms with Crippen LogP contribution in [-0.4, -0.2) is 71.8 Å². The lowest BCUT2D eigenvalue weighted by Gasteiger charge is -2.41. The van der Waals surface area contributed by atoms with Crippen LogP contribution >= 0.6 is 0 Å². The van der Waals surface area contributed by atoms with Crippen LogP contribution in [0.2, 0.25) is 0 Å². The fourth-order valence-electron chi connectivity index (χ4n) is 5.24. The minimum absolute atomic E-state index is 0.152. The smallest absolute Gasteiger partial charge is 0.246 e. The third kappa shape index (κ3) is 4.17. The molecule has 3 aliphatic rings.